The van der Waals surface area contributed by atoms with Crippen LogP contribution in [0.1, 0.15) is 17.7 Å². The third-order valence-electron chi connectivity index (χ3n) is 2.81. The minimum Gasteiger partial charge on any atom is -0.367 e. The van der Waals surface area contributed by atoms with Gasteiger partial charge in [-0.3, -0.25) is 4.79 Å². The van der Waals surface area contributed by atoms with E-state index in [4.69, 9.17) is 11.6 Å². The first-order valence-electron chi connectivity index (χ1n) is 5.64. The maximum atomic E-state index is 13.7. The topological polar surface area (TPSA) is 33.2 Å². The Labute approximate surface area is 120 Å². The summed E-state index contributed by atoms with van der Waals surface area (Å²) in [5, 5.41) is 0. The maximum Gasteiger partial charge on any atom is 0.457 e. The van der Waals surface area contributed by atoms with Gasteiger partial charge in [0.15, 0.2) is 10.3 Å². The number of allylic oxidation sites excluding steroid dienone is 2. The summed E-state index contributed by atoms with van der Waals surface area (Å²) in [6.45, 7) is 0.585. The quantitative estimate of drug-likeness (QED) is 0.626. The molecule has 0 N–H and O–H groups in total. The number of alkyl halides is 3. The highest BCUT2D eigenvalue weighted by molar-refractivity contribution is 7.15. The van der Waals surface area contributed by atoms with E-state index in [2.05, 4.69) is 4.98 Å². The van der Waals surface area contributed by atoms with Crippen molar-refractivity contribution in [2.24, 2.45) is 0 Å². The summed E-state index contributed by atoms with van der Waals surface area (Å²) in [7, 11) is 0. The summed E-state index contributed by atoms with van der Waals surface area (Å²) in [4.78, 5) is 16.9. The van der Waals surface area contributed by atoms with Crippen molar-refractivity contribution in [1.82, 2.24) is 9.88 Å². The molecule has 1 aromatic heterocycles. The molecule has 3 nitrogen and oxygen atoms in total. The van der Waals surface area contributed by atoms with Gasteiger partial charge in [0.25, 0.3) is 5.78 Å². The highest BCUT2D eigenvalue weighted by atomic mass is 35.5. The van der Waals surface area contributed by atoms with E-state index in [9.17, 15) is 22.4 Å². The molecule has 2 rings (SSSR count). The molecule has 0 radical (unpaired) electrons. The van der Waals surface area contributed by atoms with Crippen molar-refractivity contribution in [2.45, 2.75) is 25.6 Å². The molecule has 1 fully saturated rings. The zero-order chi connectivity index (χ0) is 14.9. The molecular weight excluding hydrogens is 320 g/mol. The van der Waals surface area contributed by atoms with Gasteiger partial charge < -0.3 is 4.90 Å². The number of hydrogen-bond acceptors (Lipinski definition) is 4. The monoisotopic (exact) mass is 328 g/mol. The molecule has 0 spiro atoms. The highest BCUT2D eigenvalue weighted by Crippen LogP contribution is 2.32. The van der Waals surface area contributed by atoms with E-state index in [1.54, 1.807) is 0 Å². The Morgan fingerprint density at radius 3 is 2.75 bits per heavy atom. The third kappa shape index (κ3) is 3.29. The molecule has 2 heterocycles. The van der Waals surface area contributed by atoms with E-state index >= 15 is 0 Å². The molecule has 0 amide bonds. The number of Topliss-reactive ketones (excluding diaryl/α,β-unsaturated/α-hetero) is 1. The van der Waals surface area contributed by atoms with Crippen LogP contribution < -0.4 is 0 Å². The summed E-state index contributed by atoms with van der Waals surface area (Å²) in [6.07, 6.45) is -3.10. The van der Waals surface area contributed by atoms with Crippen LogP contribution in [-0.4, -0.2) is 28.4 Å². The van der Waals surface area contributed by atoms with Crippen molar-refractivity contribution < 1.29 is 22.4 Å². The average molecular weight is 329 g/mol. The molecule has 1 aliphatic heterocycles. The van der Waals surface area contributed by atoms with Gasteiger partial charge in [-0.1, -0.05) is 11.6 Å². The SMILES string of the molecule is O=C(/C(F)=C1\CCCN1Cc1cnc(Cl)s1)C(F)(F)F. The second-order valence-corrected chi connectivity index (χ2v) is 5.89. The Bertz CT molecular complexity index is 555. The van der Waals surface area contributed by atoms with Gasteiger partial charge in [0.2, 0.25) is 0 Å². The van der Waals surface area contributed by atoms with E-state index < -0.39 is 17.8 Å². The van der Waals surface area contributed by atoms with E-state index in [0.29, 0.717) is 22.3 Å². The molecule has 110 valence electrons. The molecule has 0 atom stereocenters. The second kappa shape index (κ2) is 5.69. The van der Waals surface area contributed by atoms with Gasteiger partial charge in [-0.15, -0.1) is 11.3 Å². The summed E-state index contributed by atoms with van der Waals surface area (Å²) in [5.41, 5.74) is -0.197. The van der Waals surface area contributed by atoms with E-state index in [1.807, 2.05) is 0 Å². The number of carbonyl (C=O) groups excluding carboxylic acids is 1. The molecule has 1 saturated heterocycles. The van der Waals surface area contributed by atoms with Gasteiger partial charge in [0, 0.05) is 17.6 Å². The van der Waals surface area contributed by atoms with Crippen molar-refractivity contribution in [3.8, 4) is 0 Å². The highest BCUT2D eigenvalue weighted by Gasteiger charge is 2.43. The fraction of sp³-hybridized carbons (Fsp3) is 0.455. The molecule has 20 heavy (non-hydrogen) atoms. The van der Waals surface area contributed by atoms with Crippen LogP contribution in [0, 0.1) is 0 Å². The third-order valence-corrected chi connectivity index (χ3v) is 3.91. The lowest BCUT2D eigenvalue weighted by molar-refractivity contribution is -0.168. The van der Waals surface area contributed by atoms with Crippen molar-refractivity contribution in [2.75, 3.05) is 6.54 Å². The van der Waals surface area contributed by atoms with Crippen LogP contribution in [0.25, 0.3) is 0 Å². The van der Waals surface area contributed by atoms with Gasteiger partial charge in [-0.2, -0.15) is 13.2 Å². The van der Waals surface area contributed by atoms with Gasteiger partial charge in [0.1, 0.15) is 0 Å². The maximum absolute atomic E-state index is 13.7. The second-order valence-electron chi connectivity index (χ2n) is 4.19. The molecule has 0 unspecified atom stereocenters. The molecule has 0 bridgehead atoms. The summed E-state index contributed by atoms with van der Waals surface area (Å²) >= 11 is 6.82. The number of nitrogens with zero attached hydrogens (tertiary/aromatic N) is 2. The molecule has 1 aliphatic rings. The lowest BCUT2D eigenvalue weighted by Gasteiger charge is -2.19. The Morgan fingerprint density at radius 1 is 1.50 bits per heavy atom. The molecule has 0 saturated carbocycles. The summed E-state index contributed by atoms with van der Waals surface area (Å²) < 4.78 is 50.7. The van der Waals surface area contributed by atoms with Crippen LogP contribution in [0.5, 0.6) is 0 Å². The van der Waals surface area contributed by atoms with Crippen LogP contribution in [0.4, 0.5) is 17.6 Å². The van der Waals surface area contributed by atoms with Crippen molar-refractivity contribution in [3.05, 3.63) is 27.1 Å². The van der Waals surface area contributed by atoms with Gasteiger partial charge >= 0.3 is 6.18 Å². The van der Waals surface area contributed by atoms with Gasteiger partial charge in [-0.25, -0.2) is 9.37 Å². The van der Waals surface area contributed by atoms with E-state index in [-0.39, 0.29) is 18.7 Å². The van der Waals surface area contributed by atoms with Crippen LogP contribution in [-0.2, 0) is 11.3 Å². The Hall–Kier alpha value is -1.15. The standard InChI is InChI=1S/C11H9ClF4N2OS/c12-10-17-4-6(20-10)5-18-3-1-2-7(18)8(13)9(19)11(14,15)16/h4H,1-3,5H2/b8-7-. The largest absolute Gasteiger partial charge is 0.457 e. The zero-order valence-electron chi connectivity index (χ0n) is 10.0. The number of hydrogen-bond donors (Lipinski definition) is 0. The smallest absolute Gasteiger partial charge is 0.367 e. The predicted octanol–water partition coefficient (Wildman–Crippen LogP) is 3.70. The Balaban J connectivity index is 2.20. The first-order chi connectivity index (χ1) is 9.29. The normalized spacial score (nSPS) is 18.6. The van der Waals surface area contributed by atoms with Crippen molar-refractivity contribution in [1.29, 1.82) is 0 Å². The minimum atomic E-state index is -5.20. The number of rotatable bonds is 3. The molecule has 0 aliphatic carbocycles. The molecule has 9 heteroatoms. The zero-order valence-corrected chi connectivity index (χ0v) is 11.6. The van der Waals surface area contributed by atoms with Gasteiger partial charge in [0.05, 0.1) is 12.2 Å². The number of likely N-dealkylation sites (tertiary alicyclic amines) is 1. The number of ketones is 1. The minimum absolute atomic E-state index is 0.111. The number of aromatic nitrogens is 1. The van der Waals surface area contributed by atoms with Crippen molar-refractivity contribution in [3.63, 3.8) is 0 Å². The number of thiazole rings is 1. The molecule has 0 aromatic carbocycles. The van der Waals surface area contributed by atoms with Crippen LogP contribution >= 0.6 is 22.9 Å². The first-order valence-corrected chi connectivity index (χ1v) is 6.84. The summed E-state index contributed by atoms with van der Waals surface area (Å²) in [6, 6.07) is 0. The lowest BCUT2D eigenvalue weighted by atomic mass is 10.2. The van der Waals surface area contributed by atoms with Crippen LogP contribution in [0.15, 0.2) is 17.7 Å². The van der Waals surface area contributed by atoms with Crippen LogP contribution in [0.3, 0.4) is 0 Å². The fourth-order valence-corrected chi connectivity index (χ4v) is 2.95. The van der Waals surface area contributed by atoms with Crippen LogP contribution in [0.2, 0.25) is 4.47 Å². The molecular formula is C11H9ClF4N2OS. The van der Waals surface area contributed by atoms with Crippen molar-refractivity contribution >= 4 is 28.7 Å². The Kier molecular flexibility index (Phi) is 4.33. The lowest BCUT2D eigenvalue weighted by Crippen LogP contribution is -2.26. The Morgan fingerprint density at radius 2 is 2.20 bits per heavy atom. The molecule has 1 aromatic rings. The fourth-order valence-electron chi connectivity index (χ4n) is 1.95. The first kappa shape index (κ1) is 15.2. The predicted molar refractivity (Wildman–Crippen MR) is 66.0 cm³/mol. The van der Waals surface area contributed by atoms with E-state index in [0.717, 1.165) is 11.3 Å². The average Bonchev–Trinajstić information content (AvgIpc) is 2.96. The number of carbonyl (C=O) groups is 1. The summed E-state index contributed by atoms with van der Waals surface area (Å²) in [5.74, 6) is -4.15. The number of halogens is 5. The van der Waals surface area contributed by atoms with E-state index in [1.165, 1.54) is 11.1 Å². The van der Waals surface area contributed by atoms with Gasteiger partial charge in [-0.05, 0) is 12.8 Å².